The minimum atomic E-state index is -4.92. The molecule has 2 heterocycles. The summed E-state index contributed by atoms with van der Waals surface area (Å²) in [4.78, 5) is 20.3. The number of amides is 1. The molecule has 2 aliphatic rings. The first kappa shape index (κ1) is 19.4. The lowest BCUT2D eigenvalue weighted by molar-refractivity contribution is -0.184. The second-order valence-corrected chi connectivity index (χ2v) is 6.73. The molecule has 1 aromatic heterocycles. The van der Waals surface area contributed by atoms with Gasteiger partial charge in [-0.2, -0.15) is 26.3 Å². The highest BCUT2D eigenvalue weighted by Crippen LogP contribution is 2.44. The summed E-state index contributed by atoms with van der Waals surface area (Å²) >= 11 is 0. The number of fused-ring (bicyclic) bond motifs is 1. The maximum atomic E-state index is 13.2. The van der Waals surface area contributed by atoms with Crippen LogP contribution in [0.1, 0.15) is 47.4 Å². The maximum absolute atomic E-state index is 13.2. The van der Waals surface area contributed by atoms with Gasteiger partial charge in [0, 0.05) is 5.70 Å². The van der Waals surface area contributed by atoms with E-state index in [9.17, 15) is 31.1 Å². The third-order valence-corrected chi connectivity index (χ3v) is 4.99. The molecule has 1 amide bonds. The fourth-order valence-electron chi connectivity index (χ4n) is 3.67. The molecule has 0 radical (unpaired) electrons. The fourth-order valence-corrected chi connectivity index (χ4v) is 3.67. The largest absolute Gasteiger partial charge is 0.434 e. The van der Waals surface area contributed by atoms with Crippen molar-refractivity contribution in [3.05, 3.63) is 29.2 Å². The van der Waals surface area contributed by atoms with E-state index in [1.54, 1.807) is 0 Å². The first-order chi connectivity index (χ1) is 12.4. The van der Waals surface area contributed by atoms with Gasteiger partial charge in [-0.1, -0.05) is 13.0 Å². The average molecular weight is 394 g/mol. The van der Waals surface area contributed by atoms with Crippen LogP contribution in [-0.2, 0) is 12.7 Å². The number of carbonyl (C=O) groups excluding carboxylic acids is 1. The summed E-state index contributed by atoms with van der Waals surface area (Å²) in [5.74, 6) is -3.81. The van der Waals surface area contributed by atoms with Crippen molar-refractivity contribution in [2.75, 3.05) is 5.73 Å². The molecule has 2 N–H and O–H groups in total. The van der Waals surface area contributed by atoms with Crippen molar-refractivity contribution >= 4 is 11.9 Å². The van der Waals surface area contributed by atoms with E-state index < -0.39 is 47.3 Å². The summed E-state index contributed by atoms with van der Waals surface area (Å²) in [5, 5.41) is 0. The summed E-state index contributed by atoms with van der Waals surface area (Å²) < 4.78 is 78.6. The van der Waals surface area contributed by atoms with Crippen LogP contribution in [0.5, 0.6) is 0 Å². The number of nitrogen functional groups attached to an aromatic ring is 1. The highest BCUT2D eigenvalue weighted by molar-refractivity contribution is 6.00. The van der Waals surface area contributed by atoms with Crippen LogP contribution in [0, 0.1) is 11.8 Å². The third-order valence-electron chi connectivity index (χ3n) is 4.99. The summed E-state index contributed by atoms with van der Waals surface area (Å²) in [6.45, 7) is 3.38. The van der Waals surface area contributed by atoms with Gasteiger partial charge in [0.15, 0.2) is 5.69 Å². The summed E-state index contributed by atoms with van der Waals surface area (Å²) in [6, 6.07) is 0. The smallest absolute Gasteiger partial charge is 0.368 e. The Kier molecular flexibility index (Phi) is 4.59. The van der Waals surface area contributed by atoms with Crippen molar-refractivity contribution in [2.24, 2.45) is 11.8 Å². The molecule has 0 bridgehead atoms. The van der Waals surface area contributed by atoms with E-state index in [-0.39, 0.29) is 30.8 Å². The summed E-state index contributed by atoms with van der Waals surface area (Å²) in [5.41, 5.74) is 3.00. The molecule has 0 saturated heterocycles. The molecule has 0 aromatic carbocycles. The third kappa shape index (κ3) is 3.59. The number of alkyl halides is 6. The van der Waals surface area contributed by atoms with Gasteiger partial charge >= 0.3 is 12.4 Å². The van der Waals surface area contributed by atoms with E-state index in [0.717, 1.165) is 4.90 Å². The minimum absolute atomic E-state index is 0.0122. The Morgan fingerprint density at radius 1 is 1.15 bits per heavy atom. The van der Waals surface area contributed by atoms with Crippen LogP contribution in [0.2, 0.25) is 0 Å². The molecule has 11 heteroatoms. The minimum Gasteiger partial charge on any atom is -0.368 e. The molecule has 1 aliphatic heterocycles. The van der Waals surface area contributed by atoms with Gasteiger partial charge in [-0.25, -0.2) is 9.97 Å². The molecule has 0 spiro atoms. The van der Waals surface area contributed by atoms with Crippen molar-refractivity contribution in [1.82, 2.24) is 14.9 Å². The van der Waals surface area contributed by atoms with Crippen LogP contribution in [0.3, 0.4) is 0 Å². The number of carbonyl (C=O) groups is 1. The van der Waals surface area contributed by atoms with Crippen LogP contribution in [-0.4, -0.2) is 27.0 Å². The Hall–Kier alpha value is -2.33. The van der Waals surface area contributed by atoms with Crippen LogP contribution < -0.4 is 5.73 Å². The quantitative estimate of drug-likeness (QED) is 0.772. The Labute approximate surface area is 150 Å². The van der Waals surface area contributed by atoms with Gasteiger partial charge in [-0.15, -0.1) is 0 Å². The standard InChI is InChI=1S/C16H16F6N4O/c1-7(8-3-2-4-9(5-8)15(17,18)19)26-6-10-11(13(26)27)12(16(20,21)22)25-14(23)24-10/h8-9H,1-6H2,(H2,23,24,25)/t8-,9+/m1/s1. The number of anilines is 1. The fraction of sp³-hybridized carbons (Fsp3) is 0.562. The number of nitrogens with zero attached hydrogens (tertiary/aromatic N) is 3. The lowest BCUT2D eigenvalue weighted by Crippen LogP contribution is -2.34. The number of rotatable bonds is 2. The molecule has 148 valence electrons. The second-order valence-electron chi connectivity index (χ2n) is 6.73. The number of hydrogen-bond donors (Lipinski definition) is 1. The first-order valence-electron chi connectivity index (χ1n) is 8.20. The molecule has 5 nitrogen and oxygen atoms in total. The van der Waals surface area contributed by atoms with Gasteiger partial charge < -0.3 is 10.6 Å². The van der Waals surface area contributed by atoms with Crippen LogP contribution in [0.25, 0.3) is 0 Å². The van der Waals surface area contributed by atoms with Gasteiger partial charge in [0.1, 0.15) is 0 Å². The second kappa shape index (κ2) is 6.38. The molecular formula is C16H16F6N4O. The number of halogens is 6. The van der Waals surface area contributed by atoms with Crippen LogP contribution in [0.4, 0.5) is 32.3 Å². The Balaban J connectivity index is 1.87. The molecular weight excluding hydrogens is 378 g/mol. The van der Waals surface area contributed by atoms with Gasteiger partial charge in [-0.05, 0) is 25.2 Å². The van der Waals surface area contributed by atoms with E-state index in [1.807, 2.05) is 0 Å². The van der Waals surface area contributed by atoms with E-state index in [1.165, 1.54) is 0 Å². The highest BCUT2D eigenvalue weighted by Gasteiger charge is 2.47. The van der Waals surface area contributed by atoms with Crippen molar-refractivity contribution < 1.29 is 31.1 Å². The maximum Gasteiger partial charge on any atom is 0.434 e. The zero-order valence-electron chi connectivity index (χ0n) is 14.0. The van der Waals surface area contributed by atoms with Gasteiger partial charge in [0.2, 0.25) is 5.95 Å². The zero-order chi connectivity index (χ0) is 20.1. The number of aromatic nitrogens is 2. The molecule has 3 rings (SSSR count). The van der Waals surface area contributed by atoms with E-state index in [2.05, 4.69) is 16.5 Å². The molecule has 2 atom stereocenters. The van der Waals surface area contributed by atoms with E-state index in [4.69, 9.17) is 5.73 Å². The monoisotopic (exact) mass is 394 g/mol. The summed E-state index contributed by atoms with van der Waals surface area (Å²) in [6.07, 6.45) is -8.86. The number of nitrogens with two attached hydrogens (primary N) is 1. The molecule has 1 fully saturated rings. The molecule has 1 saturated carbocycles. The highest BCUT2D eigenvalue weighted by atomic mass is 19.4. The first-order valence-corrected chi connectivity index (χ1v) is 8.20. The lowest BCUT2D eigenvalue weighted by Gasteiger charge is -2.34. The normalized spacial score (nSPS) is 23.5. The average Bonchev–Trinajstić information content (AvgIpc) is 2.88. The Morgan fingerprint density at radius 2 is 1.81 bits per heavy atom. The van der Waals surface area contributed by atoms with Gasteiger partial charge in [-0.3, -0.25) is 4.79 Å². The van der Waals surface area contributed by atoms with E-state index >= 15 is 0 Å². The molecule has 0 unspecified atom stereocenters. The van der Waals surface area contributed by atoms with Crippen molar-refractivity contribution in [1.29, 1.82) is 0 Å². The number of allylic oxidation sites excluding steroid dienone is 1. The molecule has 1 aromatic rings. The predicted octanol–water partition coefficient (Wildman–Crippen LogP) is 3.92. The topological polar surface area (TPSA) is 72.1 Å². The molecule has 1 aliphatic carbocycles. The Morgan fingerprint density at radius 3 is 2.41 bits per heavy atom. The van der Waals surface area contributed by atoms with Crippen LogP contribution >= 0.6 is 0 Å². The SMILES string of the molecule is C=C([C@@H]1CCC[C@H](C(F)(F)F)C1)N1Cc2nc(N)nc(C(F)(F)F)c2C1=O. The van der Waals surface area contributed by atoms with Crippen LogP contribution in [0.15, 0.2) is 12.3 Å². The van der Waals surface area contributed by atoms with Crippen molar-refractivity contribution in [3.8, 4) is 0 Å². The number of hydrogen-bond acceptors (Lipinski definition) is 4. The van der Waals surface area contributed by atoms with Gasteiger partial charge in [0.05, 0.1) is 23.7 Å². The zero-order valence-corrected chi connectivity index (χ0v) is 14.0. The Bertz CT molecular complexity index is 788. The van der Waals surface area contributed by atoms with Crippen molar-refractivity contribution in [2.45, 2.75) is 44.6 Å². The lowest BCUT2D eigenvalue weighted by atomic mass is 9.79. The summed E-state index contributed by atoms with van der Waals surface area (Å²) in [7, 11) is 0. The predicted molar refractivity (Wildman–Crippen MR) is 82.0 cm³/mol. The van der Waals surface area contributed by atoms with E-state index in [0.29, 0.717) is 12.8 Å². The van der Waals surface area contributed by atoms with Gasteiger partial charge in [0.25, 0.3) is 5.91 Å². The van der Waals surface area contributed by atoms with Crippen molar-refractivity contribution in [3.63, 3.8) is 0 Å². The molecule has 27 heavy (non-hydrogen) atoms.